The number of rotatable bonds is 1. The summed E-state index contributed by atoms with van der Waals surface area (Å²) in [7, 11) is 0. The molecule has 0 saturated carbocycles. The Morgan fingerprint density at radius 2 is 1.75 bits per heavy atom. The molecule has 5 heteroatoms. The van der Waals surface area contributed by atoms with Crippen LogP contribution in [0.5, 0.6) is 0 Å². The van der Waals surface area contributed by atoms with Crippen molar-refractivity contribution >= 4 is 5.97 Å². The van der Waals surface area contributed by atoms with Crippen LogP contribution >= 0.6 is 0 Å². The van der Waals surface area contributed by atoms with Gasteiger partial charge in [0.1, 0.15) is 6.10 Å². The molecule has 0 spiro atoms. The predicted molar refractivity (Wildman–Crippen MR) is 20.0 cm³/mol. The van der Waals surface area contributed by atoms with Crippen LogP contribution in [0.25, 0.3) is 0 Å². The minimum absolute atomic E-state index is 1.19. The Labute approximate surface area is 54.5 Å². The van der Waals surface area contributed by atoms with Gasteiger partial charge in [-0.3, -0.25) is 0 Å². The second kappa shape index (κ2) is 6.75. The van der Waals surface area contributed by atoms with Crippen molar-refractivity contribution < 1.29 is 34.8 Å². The van der Waals surface area contributed by atoms with Crippen LogP contribution in [0.15, 0.2) is 0 Å². The van der Waals surface area contributed by atoms with E-state index in [0.29, 0.717) is 0 Å². The van der Waals surface area contributed by atoms with Gasteiger partial charge in [0, 0.05) is 0 Å². The monoisotopic (exact) mass is 162 g/mol. The second-order valence-electron chi connectivity index (χ2n) is 1.01. The number of carbonyl (C=O) groups is 1. The number of hydrogen-bond acceptors (Lipinski definition) is 3. The molecule has 0 amide bonds. The third-order valence-corrected chi connectivity index (χ3v) is 0.357. The molecule has 0 fully saturated rings. The normalized spacial score (nSPS) is 10.9. The van der Waals surface area contributed by atoms with E-state index in [-0.39, 0.29) is 0 Å². The van der Waals surface area contributed by atoms with Crippen LogP contribution in [0.4, 0.5) is 0 Å². The molecule has 0 aliphatic rings. The molecule has 0 aliphatic carbocycles. The second-order valence-corrected chi connectivity index (χ2v) is 1.01. The summed E-state index contributed by atoms with van der Waals surface area (Å²) in [6, 6.07) is 0. The number of aliphatic hydroxyl groups excluding tert-OH is 1. The first-order valence-electron chi connectivity index (χ1n) is 1.70. The van der Waals surface area contributed by atoms with Crippen molar-refractivity contribution in [3.63, 3.8) is 0 Å². The molecular formula is C3H6FeO4. The van der Waals surface area contributed by atoms with Gasteiger partial charge in [0.05, 0.1) is 0 Å². The molecule has 0 radical (unpaired) electrons. The summed E-state index contributed by atoms with van der Waals surface area (Å²) in [5.74, 6) is -1.19. The molecular weight excluding hydrogens is 156 g/mol. The Hall–Kier alpha value is -0.251. The zero-order valence-corrected chi connectivity index (χ0v) is 5.25. The quantitative estimate of drug-likeness (QED) is 0.501. The van der Waals surface area contributed by atoms with Gasteiger partial charge in [-0.05, 0) is 6.92 Å². The molecule has 50 valence electrons. The van der Waals surface area contributed by atoms with E-state index in [2.05, 4.69) is 0 Å². The summed E-state index contributed by atoms with van der Waals surface area (Å²) in [5.41, 5.74) is 0. The summed E-state index contributed by atoms with van der Waals surface area (Å²) in [4.78, 5) is 9.45. The van der Waals surface area contributed by atoms with E-state index < -0.39 is 12.1 Å². The van der Waals surface area contributed by atoms with Gasteiger partial charge in [0.2, 0.25) is 0 Å². The topological polar surface area (TPSA) is 74.6 Å². The van der Waals surface area contributed by atoms with Crippen LogP contribution in [-0.2, 0) is 24.6 Å². The fourth-order valence-corrected chi connectivity index (χ4v) is 0. The average molecular weight is 162 g/mol. The van der Waals surface area contributed by atoms with Crippen molar-refractivity contribution in [2.75, 3.05) is 0 Å². The molecule has 1 atom stereocenters. The maximum absolute atomic E-state index is 9.45. The number of aliphatic hydroxyl groups is 1. The maximum atomic E-state index is 9.45. The van der Waals surface area contributed by atoms with Crippen molar-refractivity contribution in [3.8, 4) is 0 Å². The fourth-order valence-electron chi connectivity index (χ4n) is 0. The van der Waals surface area contributed by atoms with Gasteiger partial charge in [-0.25, -0.2) is 4.79 Å². The summed E-state index contributed by atoms with van der Waals surface area (Å²) in [5, 5.41) is 15.8. The molecule has 0 aromatic heterocycles. The van der Waals surface area contributed by atoms with E-state index >= 15 is 0 Å². The van der Waals surface area contributed by atoms with E-state index in [1.54, 1.807) is 0 Å². The summed E-state index contributed by atoms with van der Waals surface area (Å²) in [6.07, 6.45) is -1.23. The van der Waals surface area contributed by atoms with E-state index in [1.807, 2.05) is 15.9 Å². The van der Waals surface area contributed by atoms with E-state index in [1.165, 1.54) is 6.92 Å². The van der Waals surface area contributed by atoms with Crippen LogP contribution in [-0.4, -0.2) is 22.3 Å². The van der Waals surface area contributed by atoms with Crippen molar-refractivity contribution in [1.82, 2.24) is 0 Å². The van der Waals surface area contributed by atoms with Crippen molar-refractivity contribution in [1.29, 1.82) is 0 Å². The van der Waals surface area contributed by atoms with Crippen LogP contribution in [0.3, 0.4) is 0 Å². The number of carboxylic acid groups (broad SMARTS) is 1. The van der Waals surface area contributed by atoms with Crippen LogP contribution in [0, 0.1) is 0 Å². The molecule has 8 heavy (non-hydrogen) atoms. The Bertz CT molecular complexity index is 71.7. The zero-order valence-electron chi connectivity index (χ0n) is 4.14. The summed E-state index contributed by atoms with van der Waals surface area (Å²) in [6.45, 7) is 1.20. The first-order chi connectivity index (χ1) is 3.64. The van der Waals surface area contributed by atoms with Gasteiger partial charge in [0.15, 0.2) is 0 Å². The summed E-state index contributed by atoms with van der Waals surface area (Å²) >= 11 is 2.00. The van der Waals surface area contributed by atoms with Crippen LogP contribution in [0.1, 0.15) is 6.92 Å². The van der Waals surface area contributed by atoms with Crippen molar-refractivity contribution in [3.05, 3.63) is 0 Å². The van der Waals surface area contributed by atoms with Gasteiger partial charge < -0.3 is 10.2 Å². The first-order valence-corrected chi connectivity index (χ1v) is 2.15. The molecule has 0 bridgehead atoms. The molecule has 0 aromatic carbocycles. The van der Waals surface area contributed by atoms with E-state index in [0.717, 1.165) is 0 Å². The molecule has 0 aliphatic heterocycles. The van der Waals surface area contributed by atoms with Gasteiger partial charge in [-0.2, -0.15) is 0 Å². The fraction of sp³-hybridized carbons (Fsp3) is 0.667. The Kier molecular flexibility index (Phi) is 9.01. The molecule has 1 unspecified atom stereocenters. The first kappa shape index (κ1) is 10.7. The standard InChI is InChI=1S/C3H6O3.Fe.O/c1-2(4)3(5)6;;/h2,4H,1H3,(H,5,6);;. The minimum atomic E-state index is -1.23. The number of carboxylic acids is 1. The molecule has 4 nitrogen and oxygen atoms in total. The van der Waals surface area contributed by atoms with Gasteiger partial charge >= 0.3 is 25.7 Å². The third kappa shape index (κ3) is 9.23. The van der Waals surface area contributed by atoms with E-state index in [9.17, 15) is 4.79 Å². The predicted octanol–water partition coefficient (Wildman–Crippen LogP) is -0.669. The van der Waals surface area contributed by atoms with E-state index in [4.69, 9.17) is 14.0 Å². The van der Waals surface area contributed by atoms with Gasteiger partial charge in [0.25, 0.3) is 0 Å². The third-order valence-electron chi connectivity index (χ3n) is 0.357. The molecule has 0 aromatic rings. The number of hydrogen-bond donors (Lipinski definition) is 2. The Morgan fingerprint density at radius 3 is 1.75 bits per heavy atom. The number of aliphatic carboxylic acids is 1. The van der Waals surface area contributed by atoms with Gasteiger partial charge in [-0.1, -0.05) is 0 Å². The molecule has 0 rings (SSSR count). The van der Waals surface area contributed by atoms with Crippen molar-refractivity contribution in [2.45, 2.75) is 13.0 Å². The molecule has 0 saturated heterocycles. The van der Waals surface area contributed by atoms with Crippen molar-refractivity contribution in [2.24, 2.45) is 0 Å². The Balaban J connectivity index is 0. The zero-order chi connectivity index (χ0) is 7.15. The van der Waals surface area contributed by atoms with Crippen LogP contribution < -0.4 is 0 Å². The summed E-state index contributed by atoms with van der Waals surface area (Å²) < 4.78 is 8.00. The van der Waals surface area contributed by atoms with Crippen LogP contribution in [0.2, 0.25) is 0 Å². The Morgan fingerprint density at radius 1 is 1.62 bits per heavy atom. The average Bonchev–Trinajstić information content (AvgIpc) is 1.72. The van der Waals surface area contributed by atoms with Gasteiger partial charge in [-0.15, -0.1) is 0 Å². The molecule has 2 N–H and O–H groups in total. The SMILES string of the molecule is CC(O)C(=O)O.[O]=[Fe]. The molecule has 0 heterocycles.